The molecule has 1 aromatic rings. The molecule has 0 fully saturated rings. The molecule has 0 bridgehead atoms. The van der Waals surface area contributed by atoms with E-state index in [1.165, 1.54) is 5.56 Å². The van der Waals surface area contributed by atoms with E-state index in [9.17, 15) is 5.11 Å². The quantitative estimate of drug-likeness (QED) is 0.754. The monoisotopic (exact) mass is 185 g/mol. The third kappa shape index (κ3) is 1.86. The minimum Gasteiger partial charge on any atom is -0.391 e. The van der Waals surface area contributed by atoms with Crippen molar-refractivity contribution in [2.45, 2.75) is 32.4 Å². The molecule has 0 aliphatic heterocycles. The number of rotatable bonds is 3. The van der Waals surface area contributed by atoms with Crippen LogP contribution in [-0.2, 0) is 0 Å². The van der Waals surface area contributed by atoms with E-state index >= 15 is 0 Å². The van der Waals surface area contributed by atoms with Gasteiger partial charge in [-0.15, -0.1) is 11.3 Å². The second-order valence-corrected chi connectivity index (χ2v) is 3.92. The van der Waals surface area contributed by atoms with Crippen molar-refractivity contribution in [1.29, 1.82) is 0 Å². The lowest BCUT2D eigenvalue weighted by molar-refractivity contribution is 0.142. The van der Waals surface area contributed by atoms with Crippen molar-refractivity contribution in [3.8, 4) is 0 Å². The molecule has 0 saturated carbocycles. The van der Waals surface area contributed by atoms with Crippen molar-refractivity contribution in [2.75, 3.05) is 0 Å². The first kappa shape index (κ1) is 9.71. The Kier molecular flexibility index (Phi) is 3.26. The normalized spacial score (nSPS) is 16.0. The van der Waals surface area contributed by atoms with E-state index in [1.807, 2.05) is 25.3 Å². The van der Waals surface area contributed by atoms with Crippen LogP contribution in [0.15, 0.2) is 11.4 Å². The Morgan fingerprint density at radius 2 is 2.33 bits per heavy atom. The van der Waals surface area contributed by atoms with Gasteiger partial charge in [-0.05, 0) is 30.4 Å². The van der Waals surface area contributed by atoms with Crippen LogP contribution in [0.4, 0.5) is 0 Å². The molecule has 2 atom stereocenters. The lowest BCUT2D eigenvalue weighted by atomic mass is 10.1. The fraction of sp³-hybridized carbons (Fsp3) is 0.556. The minimum atomic E-state index is -0.414. The maximum atomic E-state index is 9.50. The predicted molar refractivity (Wildman–Crippen MR) is 52.3 cm³/mol. The number of hydrogen-bond donors (Lipinski definition) is 2. The molecule has 0 radical (unpaired) electrons. The van der Waals surface area contributed by atoms with Gasteiger partial charge in [0, 0.05) is 4.88 Å². The van der Waals surface area contributed by atoms with Crippen LogP contribution < -0.4 is 5.73 Å². The first-order chi connectivity index (χ1) is 5.66. The van der Waals surface area contributed by atoms with Crippen LogP contribution in [0.2, 0.25) is 0 Å². The molecule has 12 heavy (non-hydrogen) atoms. The summed E-state index contributed by atoms with van der Waals surface area (Å²) < 4.78 is 0. The highest BCUT2D eigenvalue weighted by molar-refractivity contribution is 7.10. The Morgan fingerprint density at radius 1 is 1.67 bits per heavy atom. The van der Waals surface area contributed by atoms with Gasteiger partial charge in [0.1, 0.15) is 0 Å². The molecular formula is C9H15NOS. The summed E-state index contributed by atoms with van der Waals surface area (Å²) in [6.45, 7) is 3.96. The molecule has 1 rings (SSSR count). The van der Waals surface area contributed by atoms with Crippen LogP contribution in [0.25, 0.3) is 0 Å². The van der Waals surface area contributed by atoms with Crippen molar-refractivity contribution in [3.05, 3.63) is 21.9 Å². The van der Waals surface area contributed by atoms with E-state index in [4.69, 9.17) is 5.73 Å². The second-order valence-electron chi connectivity index (χ2n) is 2.97. The number of hydrogen-bond acceptors (Lipinski definition) is 3. The summed E-state index contributed by atoms with van der Waals surface area (Å²) in [5, 5.41) is 11.5. The van der Waals surface area contributed by atoms with Gasteiger partial charge >= 0.3 is 0 Å². The maximum Gasteiger partial charge on any atom is 0.0738 e. The SMILES string of the molecule is CC[C@@H](O)[C@@H](N)c1sccc1C. The average molecular weight is 185 g/mol. The Balaban J connectivity index is 2.77. The molecule has 3 heteroatoms. The zero-order valence-electron chi connectivity index (χ0n) is 7.45. The number of aliphatic hydroxyl groups excluding tert-OH is 1. The Morgan fingerprint density at radius 3 is 2.75 bits per heavy atom. The van der Waals surface area contributed by atoms with Crippen LogP contribution in [0, 0.1) is 6.92 Å². The van der Waals surface area contributed by atoms with Crippen molar-refractivity contribution >= 4 is 11.3 Å². The van der Waals surface area contributed by atoms with E-state index in [1.54, 1.807) is 11.3 Å². The molecule has 68 valence electrons. The number of nitrogens with two attached hydrogens (primary N) is 1. The standard InChI is InChI=1S/C9H15NOS/c1-3-7(11)8(10)9-6(2)4-5-12-9/h4-5,7-8,11H,3,10H2,1-2H3/t7-,8-/m1/s1. The molecule has 0 aromatic carbocycles. The van der Waals surface area contributed by atoms with Crippen molar-refractivity contribution in [2.24, 2.45) is 5.73 Å². The molecule has 0 aliphatic rings. The summed E-state index contributed by atoms with van der Waals surface area (Å²) in [6, 6.07) is 1.82. The van der Waals surface area contributed by atoms with Gasteiger partial charge in [-0.1, -0.05) is 6.92 Å². The smallest absolute Gasteiger partial charge is 0.0738 e. The highest BCUT2D eigenvalue weighted by Crippen LogP contribution is 2.25. The molecule has 2 nitrogen and oxygen atoms in total. The number of aliphatic hydroxyl groups is 1. The van der Waals surface area contributed by atoms with E-state index in [-0.39, 0.29) is 6.04 Å². The molecule has 3 N–H and O–H groups in total. The third-order valence-corrected chi connectivity index (χ3v) is 3.16. The molecule has 0 spiro atoms. The Bertz CT molecular complexity index is 246. The summed E-state index contributed by atoms with van der Waals surface area (Å²) in [5.74, 6) is 0. The van der Waals surface area contributed by atoms with Gasteiger partial charge in [0.05, 0.1) is 12.1 Å². The summed E-state index contributed by atoms with van der Waals surface area (Å²) >= 11 is 1.62. The third-order valence-electron chi connectivity index (χ3n) is 2.04. The van der Waals surface area contributed by atoms with Crippen molar-refractivity contribution in [3.63, 3.8) is 0 Å². The van der Waals surface area contributed by atoms with Gasteiger partial charge in [0.15, 0.2) is 0 Å². The van der Waals surface area contributed by atoms with Crippen LogP contribution in [0.3, 0.4) is 0 Å². The van der Waals surface area contributed by atoms with Gasteiger partial charge < -0.3 is 10.8 Å². The zero-order chi connectivity index (χ0) is 9.14. The summed E-state index contributed by atoms with van der Waals surface area (Å²) in [7, 11) is 0. The second kappa shape index (κ2) is 4.03. The molecule has 0 aliphatic carbocycles. The molecule has 0 amide bonds. The number of thiophene rings is 1. The van der Waals surface area contributed by atoms with E-state index in [0.717, 1.165) is 4.88 Å². The van der Waals surface area contributed by atoms with Crippen molar-refractivity contribution in [1.82, 2.24) is 0 Å². The van der Waals surface area contributed by atoms with Gasteiger partial charge in [0.25, 0.3) is 0 Å². The van der Waals surface area contributed by atoms with Crippen LogP contribution in [0.1, 0.15) is 29.8 Å². The first-order valence-corrected chi connectivity index (χ1v) is 5.02. The van der Waals surface area contributed by atoms with Gasteiger partial charge in [-0.3, -0.25) is 0 Å². The topological polar surface area (TPSA) is 46.2 Å². The Hall–Kier alpha value is -0.380. The maximum absolute atomic E-state index is 9.50. The lowest BCUT2D eigenvalue weighted by Crippen LogP contribution is -2.24. The van der Waals surface area contributed by atoms with Crippen LogP contribution >= 0.6 is 11.3 Å². The molecule has 1 heterocycles. The van der Waals surface area contributed by atoms with Gasteiger partial charge in [-0.2, -0.15) is 0 Å². The summed E-state index contributed by atoms with van der Waals surface area (Å²) in [6.07, 6.45) is 0.292. The predicted octanol–water partition coefficient (Wildman–Crippen LogP) is 1.83. The fourth-order valence-electron chi connectivity index (χ4n) is 1.15. The fourth-order valence-corrected chi connectivity index (χ4v) is 2.14. The van der Waals surface area contributed by atoms with E-state index in [0.29, 0.717) is 6.42 Å². The first-order valence-electron chi connectivity index (χ1n) is 4.14. The van der Waals surface area contributed by atoms with Gasteiger partial charge in [0.2, 0.25) is 0 Å². The lowest BCUT2D eigenvalue weighted by Gasteiger charge is -2.16. The highest BCUT2D eigenvalue weighted by atomic mass is 32.1. The average Bonchev–Trinajstić information content (AvgIpc) is 2.48. The highest BCUT2D eigenvalue weighted by Gasteiger charge is 2.17. The van der Waals surface area contributed by atoms with E-state index < -0.39 is 6.10 Å². The molecule has 1 aromatic heterocycles. The van der Waals surface area contributed by atoms with E-state index in [2.05, 4.69) is 0 Å². The summed E-state index contributed by atoms with van der Waals surface area (Å²) in [4.78, 5) is 1.10. The van der Waals surface area contributed by atoms with Crippen LogP contribution in [-0.4, -0.2) is 11.2 Å². The largest absolute Gasteiger partial charge is 0.391 e. The van der Waals surface area contributed by atoms with Crippen molar-refractivity contribution < 1.29 is 5.11 Å². The molecule has 0 saturated heterocycles. The zero-order valence-corrected chi connectivity index (χ0v) is 8.27. The minimum absolute atomic E-state index is 0.213. The summed E-state index contributed by atoms with van der Waals surface area (Å²) in [5.41, 5.74) is 7.04. The molecule has 0 unspecified atom stereocenters. The van der Waals surface area contributed by atoms with Gasteiger partial charge in [-0.25, -0.2) is 0 Å². The number of aryl methyl sites for hydroxylation is 1. The molecular weight excluding hydrogens is 170 g/mol. The van der Waals surface area contributed by atoms with Crippen LogP contribution in [0.5, 0.6) is 0 Å². The Labute approximate surface area is 77.0 Å².